The van der Waals surface area contributed by atoms with Gasteiger partial charge in [0.05, 0.1) is 5.25 Å². The third-order valence-corrected chi connectivity index (χ3v) is 5.76. The van der Waals surface area contributed by atoms with E-state index in [-0.39, 0.29) is 11.3 Å². The zero-order valence-electron chi connectivity index (χ0n) is 11.1. The second-order valence-corrected chi connectivity index (χ2v) is 6.95. The van der Waals surface area contributed by atoms with Crippen LogP contribution in [0.15, 0.2) is 24.3 Å². The molecule has 1 saturated carbocycles. The van der Waals surface area contributed by atoms with Gasteiger partial charge >= 0.3 is 0 Å². The van der Waals surface area contributed by atoms with Crippen molar-refractivity contribution in [2.75, 3.05) is 0 Å². The highest BCUT2D eigenvalue weighted by molar-refractivity contribution is 7.84. The molecule has 2 rings (SSSR count). The zero-order valence-corrected chi connectivity index (χ0v) is 11.9. The number of aryl methyl sites for hydroxylation is 1. The number of nitrogens with two attached hydrogens (primary N) is 1. The molecular weight excluding hydrogens is 242 g/mol. The average Bonchev–Trinajstić information content (AvgIpc) is 2.57. The first-order chi connectivity index (χ1) is 8.68. The van der Waals surface area contributed by atoms with Gasteiger partial charge in [-0.3, -0.25) is 4.21 Å². The summed E-state index contributed by atoms with van der Waals surface area (Å²) in [7, 11) is -0.834. The van der Waals surface area contributed by atoms with Gasteiger partial charge in [-0.25, -0.2) is 0 Å². The van der Waals surface area contributed by atoms with Crippen molar-refractivity contribution in [2.45, 2.75) is 56.1 Å². The van der Waals surface area contributed by atoms with E-state index in [0.717, 1.165) is 12.8 Å². The van der Waals surface area contributed by atoms with Crippen LogP contribution >= 0.6 is 0 Å². The first kappa shape index (κ1) is 13.8. The molecule has 0 aliphatic heterocycles. The predicted octanol–water partition coefficient (Wildman–Crippen LogP) is 2.90. The summed E-state index contributed by atoms with van der Waals surface area (Å²) in [5, 5.41) is 0.187. The Hall–Kier alpha value is -0.670. The number of hydrogen-bond donors (Lipinski definition) is 1. The van der Waals surface area contributed by atoms with Crippen LogP contribution in [-0.2, 0) is 16.6 Å². The quantitative estimate of drug-likeness (QED) is 0.854. The maximum Gasteiger partial charge on any atom is 0.0502 e. The smallest absolute Gasteiger partial charge is 0.0502 e. The fourth-order valence-corrected chi connectivity index (χ4v) is 4.46. The molecule has 3 atom stereocenters. The lowest BCUT2D eigenvalue weighted by molar-refractivity contribution is 0.574. The standard InChI is InChI=1S/C15H23NOS/c1-12-7-5-6-8-13(12)11-18(17)15-10-4-2-3-9-14(15)16/h5-8,14-15H,2-4,9-11,16H2,1H3. The Balaban J connectivity index is 2.04. The van der Waals surface area contributed by atoms with Crippen molar-refractivity contribution >= 4 is 10.8 Å². The second kappa shape index (κ2) is 6.48. The largest absolute Gasteiger partial charge is 0.327 e. The second-order valence-electron chi connectivity index (χ2n) is 5.29. The van der Waals surface area contributed by atoms with Crippen molar-refractivity contribution in [1.82, 2.24) is 0 Å². The molecule has 0 radical (unpaired) electrons. The van der Waals surface area contributed by atoms with Crippen molar-refractivity contribution < 1.29 is 4.21 Å². The van der Waals surface area contributed by atoms with Gasteiger partial charge in [-0.05, 0) is 30.9 Å². The number of hydrogen-bond acceptors (Lipinski definition) is 2. The summed E-state index contributed by atoms with van der Waals surface area (Å²) < 4.78 is 12.5. The Morgan fingerprint density at radius 3 is 2.72 bits per heavy atom. The van der Waals surface area contributed by atoms with Crippen molar-refractivity contribution in [2.24, 2.45) is 5.73 Å². The maximum absolute atomic E-state index is 12.5. The van der Waals surface area contributed by atoms with Crippen LogP contribution in [-0.4, -0.2) is 15.5 Å². The van der Waals surface area contributed by atoms with Gasteiger partial charge in [-0.2, -0.15) is 0 Å². The molecule has 100 valence electrons. The number of benzene rings is 1. The minimum atomic E-state index is -0.834. The van der Waals surface area contributed by atoms with Crippen LogP contribution in [0.5, 0.6) is 0 Å². The van der Waals surface area contributed by atoms with E-state index in [2.05, 4.69) is 19.1 Å². The normalized spacial score (nSPS) is 26.6. The lowest BCUT2D eigenvalue weighted by Crippen LogP contribution is -2.37. The molecule has 18 heavy (non-hydrogen) atoms. The van der Waals surface area contributed by atoms with Gasteiger partial charge in [0.15, 0.2) is 0 Å². The van der Waals surface area contributed by atoms with E-state index >= 15 is 0 Å². The molecule has 0 spiro atoms. The molecule has 2 nitrogen and oxygen atoms in total. The molecule has 3 heteroatoms. The van der Waals surface area contributed by atoms with E-state index in [9.17, 15) is 4.21 Å². The van der Waals surface area contributed by atoms with Crippen molar-refractivity contribution in [3.8, 4) is 0 Å². The molecule has 3 unspecified atom stereocenters. The van der Waals surface area contributed by atoms with E-state index in [1.54, 1.807) is 0 Å². The molecular formula is C15H23NOS. The van der Waals surface area contributed by atoms with Crippen LogP contribution in [0.4, 0.5) is 0 Å². The summed E-state index contributed by atoms with van der Waals surface area (Å²) in [5.41, 5.74) is 8.61. The highest BCUT2D eigenvalue weighted by atomic mass is 32.2. The van der Waals surface area contributed by atoms with Gasteiger partial charge in [0.25, 0.3) is 0 Å². The fourth-order valence-electron chi connectivity index (χ4n) is 2.66. The maximum atomic E-state index is 12.5. The van der Waals surface area contributed by atoms with Gasteiger partial charge in [0.2, 0.25) is 0 Å². The van der Waals surface area contributed by atoms with Gasteiger partial charge < -0.3 is 5.73 Å². The first-order valence-corrected chi connectivity index (χ1v) is 8.24. The predicted molar refractivity (Wildman–Crippen MR) is 77.9 cm³/mol. The fraction of sp³-hybridized carbons (Fsp3) is 0.600. The summed E-state index contributed by atoms with van der Waals surface area (Å²) >= 11 is 0. The minimum Gasteiger partial charge on any atom is -0.327 e. The number of rotatable bonds is 3. The lowest BCUT2D eigenvalue weighted by atomic mass is 10.1. The van der Waals surface area contributed by atoms with Gasteiger partial charge in [-0.1, -0.05) is 43.5 Å². The van der Waals surface area contributed by atoms with E-state index in [4.69, 9.17) is 5.73 Å². The van der Waals surface area contributed by atoms with E-state index in [1.807, 2.05) is 12.1 Å². The van der Waals surface area contributed by atoms with E-state index in [1.165, 1.54) is 30.4 Å². The summed E-state index contributed by atoms with van der Waals surface area (Å²) in [6.07, 6.45) is 5.67. The average molecular weight is 265 g/mol. The highest BCUT2D eigenvalue weighted by Gasteiger charge is 2.25. The topological polar surface area (TPSA) is 43.1 Å². The summed E-state index contributed by atoms with van der Waals surface area (Å²) in [6.45, 7) is 2.08. The van der Waals surface area contributed by atoms with Crippen LogP contribution < -0.4 is 5.73 Å². The van der Waals surface area contributed by atoms with Crippen LogP contribution in [0, 0.1) is 6.92 Å². The molecule has 1 aliphatic carbocycles. The monoisotopic (exact) mass is 265 g/mol. The first-order valence-electron chi connectivity index (χ1n) is 6.86. The summed E-state index contributed by atoms with van der Waals surface area (Å²) in [5.74, 6) is 0.658. The van der Waals surface area contributed by atoms with Crippen molar-refractivity contribution in [3.05, 3.63) is 35.4 Å². The molecule has 1 aliphatic rings. The molecule has 1 aromatic carbocycles. The molecule has 1 aromatic rings. The lowest BCUT2D eigenvalue weighted by Gasteiger charge is -2.21. The summed E-state index contributed by atoms with van der Waals surface area (Å²) in [4.78, 5) is 0. The van der Waals surface area contributed by atoms with Gasteiger partial charge in [0, 0.05) is 22.6 Å². The Morgan fingerprint density at radius 2 is 1.94 bits per heavy atom. The SMILES string of the molecule is Cc1ccccc1CS(=O)C1CCCCCC1N. The Morgan fingerprint density at radius 1 is 1.22 bits per heavy atom. The molecule has 0 aromatic heterocycles. The van der Waals surface area contributed by atoms with Gasteiger partial charge in [-0.15, -0.1) is 0 Å². The van der Waals surface area contributed by atoms with Crippen LogP contribution in [0.25, 0.3) is 0 Å². The summed E-state index contributed by atoms with van der Waals surface area (Å²) in [6, 6.07) is 8.33. The van der Waals surface area contributed by atoms with Crippen LogP contribution in [0.2, 0.25) is 0 Å². The zero-order chi connectivity index (χ0) is 13.0. The third-order valence-electron chi connectivity index (χ3n) is 3.90. The molecule has 0 bridgehead atoms. The highest BCUT2D eigenvalue weighted by Crippen LogP contribution is 2.23. The molecule has 0 heterocycles. The van der Waals surface area contributed by atoms with Crippen molar-refractivity contribution in [1.29, 1.82) is 0 Å². The van der Waals surface area contributed by atoms with Crippen LogP contribution in [0.3, 0.4) is 0 Å². The third kappa shape index (κ3) is 3.42. The van der Waals surface area contributed by atoms with Crippen molar-refractivity contribution in [3.63, 3.8) is 0 Å². The van der Waals surface area contributed by atoms with Gasteiger partial charge in [0.1, 0.15) is 0 Å². The molecule has 1 fully saturated rings. The molecule has 0 amide bonds. The van der Waals surface area contributed by atoms with E-state index in [0.29, 0.717) is 5.75 Å². The minimum absolute atomic E-state index is 0.123. The Kier molecular flexibility index (Phi) is 4.95. The van der Waals surface area contributed by atoms with E-state index < -0.39 is 10.8 Å². The molecule has 2 N–H and O–H groups in total. The Bertz CT molecular complexity index is 419. The van der Waals surface area contributed by atoms with Crippen LogP contribution in [0.1, 0.15) is 43.2 Å². The Labute approximate surface area is 112 Å². The molecule has 0 saturated heterocycles.